The van der Waals surface area contributed by atoms with Crippen molar-refractivity contribution in [3.63, 3.8) is 0 Å². The van der Waals surface area contributed by atoms with E-state index >= 15 is 0 Å². The maximum atomic E-state index is 10.9. The van der Waals surface area contributed by atoms with Gasteiger partial charge in [0.25, 0.3) is 0 Å². The zero-order valence-electron chi connectivity index (χ0n) is 8.12. The Hall–Kier alpha value is -1.30. The van der Waals surface area contributed by atoms with Crippen LogP contribution in [0.1, 0.15) is 26.7 Å². The molecule has 0 atom stereocenters. The normalized spacial score (nSPS) is 10.3. The van der Waals surface area contributed by atoms with Gasteiger partial charge in [-0.2, -0.15) is 5.26 Å². The molecule has 0 N–H and O–H groups in total. The van der Waals surface area contributed by atoms with E-state index in [1.807, 2.05) is 0 Å². The molecule has 0 unspecified atom stereocenters. The average molecular weight is 181 g/mol. The van der Waals surface area contributed by atoms with Crippen LogP contribution in [0, 0.1) is 17.2 Å². The van der Waals surface area contributed by atoms with Crippen LogP contribution in [0.2, 0.25) is 0 Å². The van der Waals surface area contributed by atoms with Gasteiger partial charge in [-0.1, -0.05) is 26.7 Å². The minimum atomic E-state index is -0.437. The van der Waals surface area contributed by atoms with Gasteiger partial charge in [-0.15, -0.1) is 0 Å². The molecule has 0 radical (unpaired) electrons. The lowest BCUT2D eigenvalue weighted by atomic mass is 10.1. The minimum Gasteiger partial charge on any atom is -0.462 e. The van der Waals surface area contributed by atoms with Crippen molar-refractivity contribution >= 4 is 5.97 Å². The van der Waals surface area contributed by atoms with Crippen molar-refractivity contribution in [2.45, 2.75) is 26.7 Å². The van der Waals surface area contributed by atoms with Crippen molar-refractivity contribution < 1.29 is 9.53 Å². The van der Waals surface area contributed by atoms with Crippen molar-refractivity contribution in [3.8, 4) is 6.07 Å². The largest absolute Gasteiger partial charge is 0.462 e. The molecule has 0 spiro atoms. The number of carbonyl (C=O) groups excluding carboxylic acids is 1. The van der Waals surface area contributed by atoms with Crippen molar-refractivity contribution in [2.75, 3.05) is 6.61 Å². The van der Waals surface area contributed by atoms with E-state index in [4.69, 9.17) is 10.00 Å². The van der Waals surface area contributed by atoms with E-state index in [-0.39, 0.29) is 0 Å². The third kappa shape index (κ3) is 5.92. The summed E-state index contributed by atoms with van der Waals surface area (Å²) < 4.78 is 4.91. The summed E-state index contributed by atoms with van der Waals surface area (Å²) in [7, 11) is 0. The molecule has 0 aliphatic carbocycles. The third-order valence-electron chi connectivity index (χ3n) is 1.91. The Morgan fingerprint density at radius 2 is 2.15 bits per heavy atom. The predicted molar refractivity (Wildman–Crippen MR) is 49.8 cm³/mol. The number of esters is 1. The molecule has 0 saturated heterocycles. The number of carbonyl (C=O) groups is 1. The van der Waals surface area contributed by atoms with Crippen LogP contribution in [-0.2, 0) is 9.53 Å². The number of allylic oxidation sites excluding steroid dienone is 1. The quantitative estimate of drug-likeness (QED) is 0.370. The molecule has 0 saturated carbocycles. The summed E-state index contributed by atoms with van der Waals surface area (Å²) in [6, 6.07) is 1.73. The molecular formula is C10H15NO2. The fourth-order valence-corrected chi connectivity index (χ4v) is 0.878. The molecule has 0 rings (SSSR count). The first-order chi connectivity index (χ1) is 6.24. The molecule has 3 heteroatoms. The summed E-state index contributed by atoms with van der Waals surface area (Å²) in [4.78, 5) is 10.9. The van der Waals surface area contributed by atoms with Crippen LogP contribution in [-0.4, -0.2) is 12.6 Å². The number of nitrogens with zero attached hydrogens (tertiary/aromatic N) is 1. The van der Waals surface area contributed by atoms with Gasteiger partial charge in [0, 0.05) is 12.2 Å². The number of rotatable bonds is 5. The standard InChI is InChI=1S/C10H15NO2/c1-3-9(4-2)8-13-10(12)6-5-7-11/h5-6,9H,3-4,8H2,1-2H3. The highest BCUT2D eigenvalue weighted by atomic mass is 16.5. The second-order valence-corrected chi connectivity index (χ2v) is 2.77. The van der Waals surface area contributed by atoms with Gasteiger partial charge >= 0.3 is 5.97 Å². The lowest BCUT2D eigenvalue weighted by Gasteiger charge is -2.10. The van der Waals surface area contributed by atoms with Gasteiger partial charge in [0.2, 0.25) is 0 Å². The molecule has 0 aromatic heterocycles. The van der Waals surface area contributed by atoms with Crippen LogP contribution >= 0.6 is 0 Å². The van der Waals surface area contributed by atoms with E-state index in [9.17, 15) is 4.79 Å². The monoisotopic (exact) mass is 181 g/mol. The first-order valence-electron chi connectivity index (χ1n) is 4.47. The highest BCUT2D eigenvalue weighted by Gasteiger charge is 2.05. The molecule has 0 bridgehead atoms. The van der Waals surface area contributed by atoms with Crippen LogP contribution in [0.3, 0.4) is 0 Å². The molecule has 0 fully saturated rings. The van der Waals surface area contributed by atoms with Crippen LogP contribution in [0.25, 0.3) is 0 Å². The van der Waals surface area contributed by atoms with Crippen molar-refractivity contribution in [2.24, 2.45) is 5.92 Å². The number of hydrogen-bond donors (Lipinski definition) is 0. The summed E-state index contributed by atoms with van der Waals surface area (Å²) in [6.45, 7) is 4.57. The van der Waals surface area contributed by atoms with Gasteiger partial charge in [-0.3, -0.25) is 0 Å². The van der Waals surface area contributed by atoms with Gasteiger partial charge in [-0.05, 0) is 5.92 Å². The molecule has 0 aliphatic heterocycles. The smallest absolute Gasteiger partial charge is 0.331 e. The molecule has 3 nitrogen and oxygen atoms in total. The van der Waals surface area contributed by atoms with E-state index < -0.39 is 5.97 Å². The average Bonchev–Trinajstić information content (AvgIpc) is 2.16. The first-order valence-corrected chi connectivity index (χ1v) is 4.47. The molecule has 0 aliphatic rings. The van der Waals surface area contributed by atoms with Crippen molar-refractivity contribution in [1.82, 2.24) is 0 Å². The van der Waals surface area contributed by atoms with Crippen molar-refractivity contribution in [3.05, 3.63) is 12.2 Å². The van der Waals surface area contributed by atoms with Crippen LogP contribution < -0.4 is 0 Å². The molecule has 0 aromatic carbocycles. The second-order valence-electron chi connectivity index (χ2n) is 2.77. The molecule has 0 amide bonds. The van der Waals surface area contributed by atoms with Gasteiger partial charge in [0.1, 0.15) is 0 Å². The SMILES string of the molecule is CCC(CC)COC(=O)C=CC#N. The number of nitriles is 1. The summed E-state index contributed by atoms with van der Waals surface area (Å²) in [5.41, 5.74) is 0. The Bertz CT molecular complexity index is 211. The Labute approximate surface area is 79.0 Å². The number of ether oxygens (including phenoxy) is 1. The Kier molecular flexibility index (Phi) is 6.62. The Balaban J connectivity index is 3.69. The number of hydrogen-bond acceptors (Lipinski definition) is 3. The Morgan fingerprint density at radius 3 is 2.62 bits per heavy atom. The minimum absolute atomic E-state index is 0.430. The maximum absolute atomic E-state index is 10.9. The fraction of sp³-hybridized carbons (Fsp3) is 0.600. The third-order valence-corrected chi connectivity index (χ3v) is 1.91. The predicted octanol–water partition coefficient (Wildman–Crippen LogP) is 2.05. The molecule has 0 aromatic rings. The Morgan fingerprint density at radius 1 is 1.54 bits per heavy atom. The zero-order chi connectivity index (χ0) is 10.1. The van der Waals surface area contributed by atoms with Gasteiger partial charge in [0.05, 0.1) is 12.7 Å². The van der Waals surface area contributed by atoms with Gasteiger partial charge in [-0.25, -0.2) is 4.79 Å². The highest BCUT2D eigenvalue weighted by molar-refractivity contribution is 5.82. The maximum Gasteiger partial charge on any atom is 0.331 e. The summed E-state index contributed by atoms with van der Waals surface area (Å²) >= 11 is 0. The van der Waals surface area contributed by atoms with Crippen molar-refractivity contribution in [1.29, 1.82) is 5.26 Å². The van der Waals surface area contributed by atoms with Gasteiger partial charge < -0.3 is 4.74 Å². The van der Waals surface area contributed by atoms with E-state index in [0.717, 1.165) is 25.0 Å². The van der Waals surface area contributed by atoms with E-state index in [1.165, 1.54) is 0 Å². The first kappa shape index (κ1) is 11.7. The van der Waals surface area contributed by atoms with Gasteiger partial charge in [0.15, 0.2) is 0 Å². The summed E-state index contributed by atoms with van der Waals surface area (Å²) in [5.74, 6) is -0.00659. The topological polar surface area (TPSA) is 50.1 Å². The molecule has 13 heavy (non-hydrogen) atoms. The second kappa shape index (κ2) is 7.35. The fourth-order valence-electron chi connectivity index (χ4n) is 0.878. The van der Waals surface area contributed by atoms with Crippen LogP contribution in [0.5, 0.6) is 0 Å². The summed E-state index contributed by atoms with van der Waals surface area (Å²) in [6.07, 6.45) is 4.27. The molecule has 72 valence electrons. The lowest BCUT2D eigenvalue weighted by molar-refractivity contribution is -0.139. The van der Waals surface area contributed by atoms with E-state index in [1.54, 1.807) is 6.07 Å². The van der Waals surface area contributed by atoms with E-state index in [0.29, 0.717) is 12.5 Å². The zero-order valence-corrected chi connectivity index (χ0v) is 8.12. The van der Waals surface area contributed by atoms with Crippen LogP contribution in [0.15, 0.2) is 12.2 Å². The van der Waals surface area contributed by atoms with Crippen LogP contribution in [0.4, 0.5) is 0 Å². The van der Waals surface area contributed by atoms with E-state index in [2.05, 4.69) is 13.8 Å². The molecule has 0 heterocycles. The molecular weight excluding hydrogens is 166 g/mol. The lowest BCUT2D eigenvalue weighted by Crippen LogP contribution is -2.11. The summed E-state index contributed by atoms with van der Waals surface area (Å²) in [5, 5.41) is 8.14. The highest BCUT2D eigenvalue weighted by Crippen LogP contribution is 2.07.